The first-order chi connectivity index (χ1) is 12.4. The molecule has 0 unspecified atom stereocenters. The molecule has 3 aromatic carbocycles. The number of para-hydroxylation sites is 1. The molecular formula is C22H18N2S. The molecule has 0 aliphatic rings. The van der Waals surface area contributed by atoms with Crippen LogP contribution in [-0.2, 0) is 12.2 Å². The lowest BCUT2D eigenvalue weighted by molar-refractivity contribution is 0.941. The van der Waals surface area contributed by atoms with Gasteiger partial charge in [0.2, 0.25) is 0 Å². The van der Waals surface area contributed by atoms with Crippen LogP contribution in [0.1, 0.15) is 17.0 Å². The van der Waals surface area contributed by atoms with Gasteiger partial charge in [-0.25, -0.2) is 9.97 Å². The molecule has 0 spiro atoms. The number of rotatable bonds is 5. The monoisotopic (exact) mass is 342 g/mol. The lowest BCUT2D eigenvalue weighted by Gasteiger charge is -2.09. The molecule has 0 N–H and O–H groups in total. The van der Waals surface area contributed by atoms with Crippen LogP contribution in [0.4, 0.5) is 0 Å². The van der Waals surface area contributed by atoms with E-state index in [9.17, 15) is 0 Å². The molecule has 0 radical (unpaired) electrons. The van der Waals surface area contributed by atoms with Crippen LogP contribution in [0, 0.1) is 0 Å². The number of nitrogens with zero attached hydrogens (tertiary/aromatic N) is 2. The van der Waals surface area contributed by atoms with Crippen molar-refractivity contribution in [2.24, 2.45) is 0 Å². The van der Waals surface area contributed by atoms with Gasteiger partial charge in [0.25, 0.3) is 0 Å². The third kappa shape index (κ3) is 3.89. The van der Waals surface area contributed by atoms with Crippen molar-refractivity contribution in [1.82, 2.24) is 9.97 Å². The molecule has 1 heterocycles. The number of benzene rings is 3. The third-order valence-electron chi connectivity index (χ3n) is 4.04. The van der Waals surface area contributed by atoms with Crippen molar-refractivity contribution in [1.29, 1.82) is 0 Å². The molecule has 0 saturated heterocycles. The SMILES string of the molecule is c1ccc(CSc2nc(Cc3ccccc3)nc3ccccc23)cc1. The van der Waals surface area contributed by atoms with Gasteiger partial charge < -0.3 is 0 Å². The molecule has 0 bridgehead atoms. The highest BCUT2D eigenvalue weighted by Crippen LogP contribution is 2.28. The van der Waals surface area contributed by atoms with Crippen LogP contribution in [0.5, 0.6) is 0 Å². The second-order valence-corrected chi connectivity index (χ2v) is 6.86. The van der Waals surface area contributed by atoms with E-state index in [-0.39, 0.29) is 0 Å². The smallest absolute Gasteiger partial charge is 0.134 e. The average Bonchev–Trinajstić information content (AvgIpc) is 2.68. The Bertz CT molecular complexity index is 969. The van der Waals surface area contributed by atoms with Crippen molar-refractivity contribution in [3.05, 3.63) is 102 Å². The van der Waals surface area contributed by atoms with Gasteiger partial charge in [0, 0.05) is 17.6 Å². The first kappa shape index (κ1) is 15.9. The van der Waals surface area contributed by atoms with E-state index in [2.05, 4.69) is 66.7 Å². The minimum atomic E-state index is 0.755. The lowest BCUT2D eigenvalue weighted by atomic mass is 10.1. The fourth-order valence-electron chi connectivity index (χ4n) is 2.79. The molecule has 0 saturated carbocycles. The fraction of sp³-hybridized carbons (Fsp3) is 0.0909. The van der Waals surface area contributed by atoms with Gasteiger partial charge in [-0.15, -0.1) is 11.8 Å². The topological polar surface area (TPSA) is 25.8 Å². The Kier molecular flexibility index (Phi) is 4.75. The number of aromatic nitrogens is 2. The first-order valence-electron chi connectivity index (χ1n) is 8.35. The Labute approximate surface area is 152 Å². The fourth-order valence-corrected chi connectivity index (χ4v) is 3.78. The van der Waals surface area contributed by atoms with Gasteiger partial charge in [-0.1, -0.05) is 78.9 Å². The second kappa shape index (κ2) is 7.49. The molecule has 4 aromatic rings. The quantitative estimate of drug-likeness (QED) is 0.353. The average molecular weight is 342 g/mol. The molecule has 25 heavy (non-hydrogen) atoms. The van der Waals surface area contributed by atoms with Crippen molar-refractivity contribution in [2.45, 2.75) is 17.2 Å². The highest BCUT2D eigenvalue weighted by Gasteiger charge is 2.09. The Morgan fingerprint density at radius 1 is 0.640 bits per heavy atom. The molecule has 0 atom stereocenters. The van der Waals surface area contributed by atoms with Gasteiger partial charge in [0.05, 0.1) is 5.52 Å². The van der Waals surface area contributed by atoms with Crippen LogP contribution in [0.25, 0.3) is 10.9 Å². The number of thioether (sulfide) groups is 1. The predicted molar refractivity (Wildman–Crippen MR) is 105 cm³/mol. The summed E-state index contributed by atoms with van der Waals surface area (Å²) in [6, 6.07) is 29.2. The van der Waals surface area contributed by atoms with Gasteiger partial charge in [-0.2, -0.15) is 0 Å². The summed E-state index contributed by atoms with van der Waals surface area (Å²) < 4.78 is 0. The summed E-state index contributed by atoms with van der Waals surface area (Å²) in [6.07, 6.45) is 0.755. The van der Waals surface area contributed by atoms with Crippen LogP contribution < -0.4 is 0 Å². The second-order valence-electron chi connectivity index (χ2n) is 5.90. The van der Waals surface area contributed by atoms with E-state index in [0.29, 0.717) is 0 Å². The molecule has 0 aliphatic carbocycles. The minimum absolute atomic E-state index is 0.755. The predicted octanol–water partition coefficient (Wildman–Crippen LogP) is 5.51. The van der Waals surface area contributed by atoms with Crippen LogP contribution in [-0.4, -0.2) is 9.97 Å². The normalized spacial score (nSPS) is 10.9. The Balaban J connectivity index is 1.66. The lowest BCUT2D eigenvalue weighted by Crippen LogP contribution is -1.99. The van der Waals surface area contributed by atoms with Crippen LogP contribution >= 0.6 is 11.8 Å². The summed E-state index contributed by atoms with van der Waals surface area (Å²) in [7, 11) is 0. The molecule has 3 heteroatoms. The molecule has 2 nitrogen and oxygen atoms in total. The van der Waals surface area contributed by atoms with Crippen molar-refractivity contribution in [2.75, 3.05) is 0 Å². The zero-order valence-electron chi connectivity index (χ0n) is 13.8. The largest absolute Gasteiger partial charge is 0.232 e. The highest BCUT2D eigenvalue weighted by atomic mass is 32.2. The molecule has 0 amide bonds. The molecular weight excluding hydrogens is 324 g/mol. The highest BCUT2D eigenvalue weighted by molar-refractivity contribution is 7.98. The van der Waals surface area contributed by atoms with Gasteiger partial charge in [0.1, 0.15) is 10.9 Å². The zero-order valence-corrected chi connectivity index (χ0v) is 14.6. The van der Waals surface area contributed by atoms with Gasteiger partial charge >= 0.3 is 0 Å². The van der Waals surface area contributed by atoms with Gasteiger partial charge in [-0.3, -0.25) is 0 Å². The Morgan fingerprint density at radius 2 is 1.28 bits per heavy atom. The summed E-state index contributed by atoms with van der Waals surface area (Å²) in [5, 5.41) is 2.18. The maximum Gasteiger partial charge on any atom is 0.134 e. The summed E-state index contributed by atoms with van der Waals surface area (Å²) in [5.41, 5.74) is 3.55. The minimum Gasteiger partial charge on any atom is -0.232 e. The number of hydrogen-bond donors (Lipinski definition) is 0. The number of fused-ring (bicyclic) bond motifs is 1. The van der Waals surface area contributed by atoms with E-state index >= 15 is 0 Å². The maximum atomic E-state index is 4.86. The van der Waals surface area contributed by atoms with E-state index in [1.807, 2.05) is 18.2 Å². The van der Waals surface area contributed by atoms with E-state index in [4.69, 9.17) is 9.97 Å². The van der Waals surface area contributed by atoms with Gasteiger partial charge in [-0.05, 0) is 17.2 Å². The van der Waals surface area contributed by atoms with Crippen LogP contribution in [0.3, 0.4) is 0 Å². The number of hydrogen-bond acceptors (Lipinski definition) is 3. The van der Waals surface area contributed by atoms with Crippen molar-refractivity contribution >= 4 is 22.7 Å². The molecule has 4 rings (SSSR count). The van der Waals surface area contributed by atoms with Crippen molar-refractivity contribution in [3.63, 3.8) is 0 Å². The third-order valence-corrected chi connectivity index (χ3v) is 5.10. The Morgan fingerprint density at radius 3 is 2.04 bits per heavy atom. The standard InChI is InChI=1S/C22H18N2S/c1-3-9-17(10-4-1)15-21-23-20-14-8-7-13-19(20)22(24-21)25-16-18-11-5-2-6-12-18/h1-14H,15-16H2. The van der Waals surface area contributed by atoms with Crippen molar-refractivity contribution in [3.8, 4) is 0 Å². The zero-order chi connectivity index (χ0) is 16.9. The summed E-state index contributed by atoms with van der Waals surface area (Å²) in [6.45, 7) is 0. The summed E-state index contributed by atoms with van der Waals surface area (Å²) in [4.78, 5) is 9.62. The van der Waals surface area contributed by atoms with Crippen molar-refractivity contribution < 1.29 is 0 Å². The van der Waals surface area contributed by atoms with E-state index in [0.717, 1.165) is 33.9 Å². The molecule has 122 valence electrons. The molecule has 0 fully saturated rings. The summed E-state index contributed by atoms with van der Waals surface area (Å²) >= 11 is 1.78. The van der Waals surface area contributed by atoms with Gasteiger partial charge in [0.15, 0.2) is 0 Å². The molecule has 0 aliphatic heterocycles. The Hall–Kier alpha value is -2.65. The van der Waals surface area contributed by atoms with E-state index < -0.39 is 0 Å². The maximum absolute atomic E-state index is 4.86. The first-order valence-corrected chi connectivity index (χ1v) is 9.33. The summed E-state index contributed by atoms with van der Waals surface area (Å²) in [5.74, 6) is 1.78. The molecule has 1 aromatic heterocycles. The van der Waals surface area contributed by atoms with E-state index in [1.165, 1.54) is 11.1 Å². The van der Waals surface area contributed by atoms with Crippen LogP contribution in [0.15, 0.2) is 90.0 Å². The van der Waals surface area contributed by atoms with E-state index in [1.54, 1.807) is 11.8 Å². The van der Waals surface area contributed by atoms with Crippen LogP contribution in [0.2, 0.25) is 0 Å².